The number of aromatic nitrogens is 2. The van der Waals surface area contributed by atoms with Crippen LogP contribution >= 0.6 is 11.3 Å². The summed E-state index contributed by atoms with van der Waals surface area (Å²) < 4.78 is 66.2. The van der Waals surface area contributed by atoms with Crippen LogP contribution in [0.1, 0.15) is 34.4 Å². The maximum absolute atomic E-state index is 13.6. The summed E-state index contributed by atoms with van der Waals surface area (Å²) in [6, 6.07) is 9.37. The van der Waals surface area contributed by atoms with Crippen LogP contribution in [0, 0.1) is 17.1 Å². The molecule has 0 bridgehead atoms. The number of hydrogen-bond acceptors (Lipinski definition) is 5. The fourth-order valence-corrected chi connectivity index (χ4v) is 5.43. The van der Waals surface area contributed by atoms with E-state index in [9.17, 15) is 26.7 Å². The van der Waals surface area contributed by atoms with Crippen molar-refractivity contribution < 1.29 is 26.7 Å². The molecule has 3 aromatic rings. The molecule has 0 spiro atoms. The highest BCUT2D eigenvalue weighted by atomic mass is 32.1. The minimum atomic E-state index is -4.60. The number of alkyl halides is 4. The van der Waals surface area contributed by atoms with Crippen molar-refractivity contribution >= 4 is 17.2 Å². The minimum absolute atomic E-state index is 0.0448. The Morgan fingerprint density at radius 3 is 2.72 bits per heavy atom. The smallest absolute Gasteiger partial charge is 0.334 e. The van der Waals surface area contributed by atoms with Gasteiger partial charge in [0.05, 0.1) is 6.54 Å². The number of fused-ring (bicyclic) bond motifs is 1. The molecular weight excluding hydrogens is 537 g/mol. The lowest BCUT2D eigenvalue weighted by Crippen LogP contribution is -2.34. The molecule has 1 amide bonds. The monoisotopic (exact) mass is 563 g/mol. The summed E-state index contributed by atoms with van der Waals surface area (Å²) in [6.07, 6.45) is 0.319. The maximum atomic E-state index is 13.6. The van der Waals surface area contributed by atoms with Gasteiger partial charge in [0.25, 0.3) is 0 Å². The van der Waals surface area contributed by atoms with Gasteiger partial charge in [-0.25, -0.2) is 8.78 Å². The van der Waals surface area contributed by atoms with E-state index in [0.29, 0.717) is 30.9 Å². The molecule has 1 fully saturated rings. The Hall–Kier alpha value is -3.56. The number of nitrogens with zero attached hydrogens (tertiary/aromatic N) is 4. The van der Waals surface area contributed by atoms with Gasteiger partial charge in [-0.1, -0.05) is 24.3 Å². The Morgan fingerprint density at radius 1 is 1.31 bits per heavy atom. The summed E-state index contributed by atoms with van der Waals surface area (Å²) in [5.74, 6) is -0.740. The molecule has 2 aliphatic rings. The Bertz CT molecular complexity index is 1390. The Balaban J connectivity index is 0.000000183. The van der Waals surface area contributed by atoms with Crippen LogP contribution < -0.4 is 5.32 Å². The van der Waals surface area contributed by atoms with Crippen molar-refractivity contribution in [3.05, 3.63) is 75.5 Å². The third-order valence-electron chi connectivity index (χ3n) is 6.40. The number of carbonyl (C=O) groups is 1. The largest absolute Gasteiger partial charge is 0.435 e. The number of amides is 1. The van der Waals surface area contributed by atoms with Crippen molar-refractivity contribution in [2.45, 2.75) is 51.2 Å². The Kier molecular flexibility index (Phi) is 8.82. The normalized spacial score (nSPS) is 18.9. The number of hydrogen-bond donors (Lipinski definition) is 1. The summed E-state index contributed by atoms with van der Waals surface area (Å²) in [5, 5.41) is 15.4. The summed E-state index contributed by atoms with van der Waals surface area (Å²) in [7, 11) is 0. The zero-order valence-electron chi connectivity index (χ0n) is 21.0. The van der Waals surface area contributed by atoms with Gasteiger partial charge < -0.3 is 10.2 Å². The molecule has 206 valence electrons. The van der Waals surface area contributed by atoms with E-state index < -0.39 is 23.9 Å². The number of benzene rings is 1. The van der Waals surface area contributed by atoms with Crippen LogP contribution in [0.4, 0.5) is 22.0 Å². The van der Waals surface area contributed by atoms with E-state index in [2.05, 4.69) is 16.5 Å². The summed E-state index contributed by atoms with van der Waals surface area (Å²) in [4.78, 5) is 15.8. The third kappa shape index (κ3) is 6.91. The molecule has 39 heavy (non-hydrogen) atoms. The van der Waals surface area contributed by atoms with Gasteiger partial charge in [0.15, 0.2) is 5.69 Å². The van der Waals surface area contributed by atoms with Gasteiger partial charge in [-0.15, -0.1) is 11.3 Å². The molecule has 1 saturated heterocycles. The average Bonchev–Trinajstić information content (AvgIpc) is 3.64. The second-order valence-corrected chi connectivity index (χ2v) is 10.2. The molecule has 0 radical (unpaired) electrons. The second-order valence-electron chi connectivity index (χ2n) is 9.11. The van der Waals surface area contributed by atoms with E-state index in [1.165, 1.54) is 41.3 Å². The zero-order valence-corrected chi connectivity index (χ0v) is 21.8. The first kappa shape index (κ1) is 28.4. The van der Waals surface area contributed by atoms with Gasteiger partial charge in [0.2, 0.25) is 5.91 Å². The van der Waals surface area contributed by atoms with Crippen LogP contribution in [0.25, 0.3) is 11.1 Å². The summed E-state index contributed by atoms with van der Waals surface area (Å²) in [6.45, 7) is 3.55. The van der Waals surface area contributed by atoms with Crippen molar-refractivity contribution in [3.63, 3.8) is 0 Å². The number of thiophene rings is 1. The SMILES string of the molecule is CCn1cc(-c2ccccc2F)c(C(F)(F)F)n1.N#Cc1cc2c(s1)CN(C(=O)/C=C/C1CC(F)CN1)CC2. The number of aryl methyl sites for hydroxylation is 1. The van der Waals surface area contributed by atoms with E-state index >= 15 is 0 Å². The number of rotatable bonds is 4. The molecule has 0 saturated carbocycles. The molecule has 5 rings (SSSR count). The first-order valence-corrected chi connectivity index (χ1v) is 13.2. The molecule has 1 N–H and O–H groups in total. The summed E-state index contributed by atoms with van der Waals surface area (Å²) >= 11 is 1.46. The van der Waals surface area contributed by atoms with Crippen LogP contribution in [0.5, 0.6) is 0 Å². The molecular formula is C27H26F5N5OS. The lowest BCUT2D eigenvalue weighted by molar-refractivity contribution is -0.141. The van der Waals surface area contributed by atoms with E-state index in [4.69, 9.17) is 5.26 Å². The number of nitriles is 1. The fraction of sp³-hybridized carbons (Fsp3) is 0.370. The molecule has 2 aromatic heterocycles. The lowest BCUT2D eigenvalue weighted by Gasteiger charge is -2.25. The van der Waals surface area contributed by atoms with E-state index in [0.717, 1.165) is 22.0 Å². The highest BCUT2D eigenvalue weighted by Crippen LogP contribution is 2.37. The predicted molar refractivity (Wildman–Crippen MR) is 137 cm³/mol. The molecule has 2 aliphatic heterocycles. The predicted octanol–water partition coefficient (Wildman–Crippen LogP) is 5.49. The molecule has 2 atom stereocenters. The number of carbonyl (C=O) groups excluding carboxylic acids is 1. The van der Waals surface area contributed by atoms with Crippen molar-refractivity contribution in [2.75, 3.05) is 13.1 Å². The van der Waals surface area contributed by atoms with E-state index in [-0.39, 0.29) is 29.6 Å². The van der Waals surface area contributed by atoms with Crippen LogP contribution in [-0.2, 0) is 30.5 Å². The van der Waals surface area contributed by atoms with Gasteiger partial charge in [0.1, 0.15) is 22.9 Å². The lowest BCUT2D eigenvalue weighted by atomic mass is 10.1. The molecule has 4 heterocycles. The average molecular weight is 564 g/mol. The first-order valence-electron chi connectivity index (χ1n) is 12.3. The molecule has 12 heteroatoms. The van der Waals surface area contributed by atoms with E-state index in [1.807, 2.05) is 6.07 Å². The van der Waals surface area contributed by atoms with Crippen molar-refractivity contribution in [3.8, 4) is 17.2 Å². The van der Waals surface area contributed by atoms with Crippen molar-refractivity contribution in [1.29, 1.82) is 5.26 Å². The Labute approximate surface area is 226 Å². The minimum Gasteiger partial charge on any atom is -0.334 e. The Morgan fingerprint density at radius 2 is 2.08 bits per heavy atom. The van der Waals surface area contributed by atoms with Crippen molar-refractivity contribution in [1.82, 2.24) is 20.0 Å². The van der Waals surface area contributed by atoms with Crippen molar-refractivity contribution in [2.24, 2.45) is 0 Å². The van der Waals surface area contributed by atoms with Gasteiger partial charge >= 0.3 is 6.18 Å². The maximum Gasteiger partial charge on any atom is 0.435 e. The third-order valence-corrected chi connectivity index (χ3v) is 7.47. The topological polar surface area (TPSA) is 74.0 Å². The van der Waals surface area contributed by atoms with Gasteiger partial charge in [-0.2, -0.15) is 23.5 Å². The van der Waals surface area contributed by atoms with Crippen LogP contribution in [0.2, 0.25) is 0 Å². The zero-order chi connectivity index (χ0) is 28.2. The molecule has 2 unspecified atom stereocenters. The second kappa shape index (κ2) is 12.1. The highest BCUT2D eigenvalue weighted by Gasteiger charge is 2.38. The van der Waals surface area contributed by atoms with Crippen LogP contribution in [0.3, 0.4) is 0 Å². The molecule has 0 aliphatic carbocycles. The first-order chi connectivity index (χ1) is 18.6. The van der Waals surface area contributed by atoms with E-state index in [1.54, 1.807) is 24.0 Å². The van der Waals surface area contributed by atoms with Gasteiger partial charge in [-0.05, 0) is 37.5 Å². The molecule has 6 nitrogen and oxygen atoms in total. The molecule has 1 aromatic carbocycles. The quantitative estimate of drug-likeness (QED) is 0.337. The van der Waals surface area contributed by atoms with Gasteiger partial charge in [0, 0.05) is 54.0 Å². The van der Waals surface area contributed by atoms with Crippen LogP contribution in [0.15, 0.2) is 48.7 Å². The summed E-state index contributed by atoms with van der Waals surface area (Å²) in [5.41, 5.74) is -0.205. The van der Waals surface area contributed by atoms with Crippen LogP contribution in [-0.4, -0.2) is 45.9 Å². The highest BCUT2D eigenvalue weighted by molar-refractivity contribution is 7.12. The standard InChI is InChI=1S/C15H16FN3OS.C12H10F4N2/c16-11-6-12(18-8-11)1-2-15(20)19-4-3-10-5-13(7-17)21-14(10)9-19;1-2-18-7-9(11(17-18)12(14,15)16)8-5-3-4-6-10(8)13/h1-2,5,11-12,18H,3-4,6,8-9H2;3-7H,2H2,1H3/b2-1+;. The van der Waals surface area contributed by atoms with Gasteiger partial charge in [-0.3, -0.25) is 9.48 Å². The number of nitrogens with one attached hydrogen (secondary N) is 1. The fourth-order valence-electron chi connectivity index (χ4n) is 4.40. The number of halogens is 5.